The highest BCUT2D eigenvalue weighted by atomic mass is 35.5. The summed E-state index contributed by atoms with van der Waals surface area (Å²) in [6, 6.07) is 7.05. The van der Waals surface area contributed by atoms with Crippen molar-refractivity contribution in [3.05, 3.63) is 40.7 Å². The number of methoxy groups -OCH3 is 2. The Bertz CT molecular complexity index is 1070. The Morgan fingerprint density at radius 1 is 1.17 bits per heavy atom. The van der Waals surface area contributed by atoms with Gasteiger partial charge in [0, 0.05) is 37.3 Å². The van der Waals surface area contributed by atoms with Crippen molar-refractivity contribution in [2.75, 3.05) is 32.8 Å². The van der Waals surface area contributed by atoms with Crippen molar-refractivity contribution >= 4 is 23.3 Å². The highest BCUT2D eigenvalue weighted by molar-refractivity contribution is 6.35. The monoisotopic (exact) mass is 507 g/mol. The molecule has 190 valence electrons. The lowest BCUT2D eigenvalue weighted by atomic mass is 9.89. The van der Waals surface area contributed by atoms with Crippen LogP contribution in [-0.2, 0) is 20.9 Å². The average Bonchev–Trinajstić information content (AvgIpc) is 3.38. The van der Waals surface area contributed by atoms with Crippen LogP contribution in [0.4, 0.5) is 10.1 Å². The summed E-state index contributed by atoms with van der Waals surface area (Å²) in [6.45, 7) is 1.05. The van der Waals surface area contributed by atoms with Crippen LogP contribution in [0.2, 0.25) is 5.02 Å². The van der Waals surface area contributed by atoms with Gasteiger partial charge in [0.05, 0.1) is 32.0 Å². The Morgan fingerprint density at radius 2 is 1.89 bits per heavy atom. The van der Waals surface area contributed by atoms with E-state index in [9.17, 15) is 14.3 Å². The number of rotatable bonds is 9. The second kappa shape index (κ2) is 11.0. The number of nitrogens with one attached hydrogen (secondary N) is 1. The Hall–Kier alpha value is -2.55. The summed E-state index contributed by atoms with van der Waals surface area (Å²) >= 11 is 6.57. The molecule has 0 spiro atoms. The Labute approximate surface area is 209 Å². The first-order valence-electron chi connectivity index (χ1n) is 11.8. The molecule has 0 atom stereocenters. The molecule has 1 saturated carbocycles. The zero-order valence-electron chi connectivity index (χ0n) is 20.0. The standard InChI is InChI=1S/C26H31ClFNO6/c1-32-21-14-20(22(27)24(33-2)23(21)28)19-8-7-17(13-16(19)15-35-18-5-3-4-6-18)29-26(25(30)31)9-11-34-12-10-26/h7-8,13-14,18,29H,3-6,9-12,15H2,1-2H3,(H,30,31). The third-order valence-electron chi connectivity index (χ3n) is 6.86. The van der Waals surface area contributed by atoms with Gasteiger partial charge in [-0.05, 0) is 42.2 Å². The molecule has 7 nitrogen and oxygen atoms in total. The lowest BCUT2D eigenvalue weighted by Crippen LogP contribution is -2.50. The molecular formula is C26H31ClFNO6. The van der Waals surface area contributed by atoms with Crippen LogP contribution in [0.5, 0.6) is 11.5 Å². The van der Waals surface area contributed by atoms with Gasteiger partial charge in [-0.15, -0.1) is 0 Å². The quantitative estimate of drug-likeness (QED) is 0.452. The van der Waals surface area contributed by atoms with Gasteiger partial charge in [-0.25, -0.2) is 4.79 Å². The molecule has 9 heteroatoms. The van der Waals surface area contributed by atoms with E-state index < -0.39 is 17.3 Å². The van der Waals surface area contributed by atoms with E-state index in [2.05, 4.69) is 5.32 Å². The highest BCUT2D eigenvalue weighted by Crippen LogP contribution is 2.44. The Morgan fingerprint density at radius 3 is 2.51 bits per heavy atom. The molecule has 2 aliphatic rings. The van der Waals surface area contributed by atoms with Crippen molar-refractivity contribution in [3.63, 3.8) is 0 Å². The van der Waals surface area contributed by atoms with Gasteiger partial charge in [0.1, 0.15) is 5.54 Å². The zero-order chi connectivity index (χ0) is 25.0. The third kappa shape index (κ3) is 5.34. The molecular weight excluding hydrogens is 477 g/mol. The molecule has 1 aliphatic carbocycles. The minimum atomic E-state index is -1.11. The van der Waals surface area contributed by atoms with Crippen LogP contribution in [-0.4, -0.2) is 50.2 Å². The van der Waals surface area contributed by atoms with Gasteiger partial charge < -0.3 is 29.4 Å². The number of benzene rings is 2. The number of hydrogen-bond donors (Lipinski definition) is 2. The van der Waals surface area contributed by atoms with Gasteiger partial charge in [-0.2, -0.15) is 4.39 Å². The van der Waals surface area contributed by atoms with Crippen molar-refractivity contribution in [1.29, 1.82) is 0 Å². The zero-order valence-corrected chi connectivity index (χ0v) is 20.8. The summed E-state index contributed by atoms with van der Waals surface area (Å²) in [4.78, 5) is 12.1. The van der Waals surface area contributed by atoms with Crippen LogP contribution >= 0.6 is 11.6 Å². The normalized spacial score (nSPS) is 17.8. The molecule has 35 heavy (non-hydrogen) atoms. The van der Waals surface area contributed by atoms with Crippen LogP contribution in [0, 0.1) is 5.82 Å². The van der Waals surface area contributed by atoms with E-state index in [0.29, 0.717) is 43.9 Å². The van der Waals surface area contributed by atoms with Crippen molar-refractivity contribution in [3.8, 4) is 22.6 Å². The number of carbonyl (C=O) groups is 1. The first kappa shape index (κ1) is 25.5. The molecule has 0 aromatic heterocycles. The van der Waals surface area contributed by atoms with Gasteiger partial charge in [-0.1, -0.05) is 30.5 Å². The maximum Gasteiger partial charge on any atom is 0.329 e. The van der Waals surface area contributed by atoms with Crippen molar-refractivity contribution in [1.82, 2.24) is 0 Å². The maximum absolute atomic E-state index is 14.7. The molecule has 0 bridgehead atoms. The molecule has 0 unspecified atom stereocenters. The number of carboxylic acid groups (broad SMARTS) is 1. The summed E-state index contributed by atoms with van der Waals surface area (Å²) in [5.74, 6) is -1.67. The van der Waals surface area contributed by atoms with E-state index in [1.165, 1.54) is 14.2 Å². The summed E-state index contributed by atoms with van der Waals surface area (Å²) in [5.41, 5.74) is 1.61. The topological polar surface area (TPSA) is 86.3 Å². The fourth-order valence-corrected chi connectivity index (χ4v) is 5.13. The van der Waals surface area contributed by atoms with Crippen LogP contribution in [0.15, 0.2) is 24.3 Å². The van der Waals surface area contributed by atoms with E-state index in [0.717, 1.165) is 36.8 Å². The average molecular weight is 508 g/mol. The first-order chi connectivity index (χ1) is 16.9. The molecule has 2 aromatic rings. The number of halogens is 2. The minimum Gasteiger partial charge on any atom is -0.494 e. The van der Waals surface area contributed by atoms with Crippen LogP contribution in [0.25, 0.3) is 11.1 Å². The maximum atomic E-state index is 14.7. The predicted octanol–water partition coefficient (Wildman–Crippen LogP) is 5.67. The van der Waals surface area contributed by atoms with E-state index in [1.54, 1.807) is 12.1 Å². The molecule has 0 radical (unpaired) electrons. The predicted molar refractivity (Wildman–Crippen MR) is 131 cm³/mol. The van der Waals surface area contributed by atoms with E-state index in [-0.39, 0.29) is 22.6 Å². The summed E-state index contributed by atoms with van der Waals surface area (Å²) in [6.07, 6.45) is 5.18. The van der Waals surface area contributed by atoms with Crippen LogP contribution in [0.3, 0.4) is 0 Å². The second-order valence-electron chi connectivity index (χ2n) is 9.00. The molecule has 1 saturated heterocycles. The van der Waals surface area contributed by atoms with Gasteiger partial charge in [0.15, 0.2) is 11.5 Å². The van der Waals surface area contributed by atoms with Gasteiger partial charge in [0.2, 0.25) is 5.82 Å². The SMILES string of the molecule is COc1cc(-c2ccc(NC3(C(=O)O)CCOCC3)cc2COC2CCCC2)c(Cl)c(OC)c1F. The van der Waals surface area contributed by atoms with Gasteiger partial charge in [0.25, 0.3) is 0 Å². The Balaban J connectivity index is 1.75. The number of anilines is 1. The lowest BCUT2D eigenvalue weighted by Gasteiger charge is -2.35. The fourth-order valence-electron chi connectivity index (χ4n) is 4.82. The molecule has 1 heterocycles. The van der Waals surface area contributed by atoms with Crippen molar-refractivity contribution in [2.24, 2.45) is 0 Å². The fraction of sp³-hybridized carbons (Fsp3) is 0.500. The van der Waals surface area contributed by atoms with E-state index in [1.807, 2.05) is 12.1 Å². The highest BCUT2D eigenvalue weighted by Gasteiger charge is 2.40. The van der Waals surface area contributed by atoms with Gasteiger partial charge in [-0.3, -0.25) is 0 Å². The summed E-state index contributed by atoms with van der Waals surface area (Å²) in [5, 5.41) is 13.3. The smallest absolute Gasteiger partial charge is 0.329 e. The number of hydrogen-bond acceptors (Lipinski definition) is 6. The number of aliphatic carboxylic acids is 1. The minimum absolute atomic E-state index is 0.0122. The summed E-state index contributed by atoms with van der Waals surface area (Å²) < 4.78 is 36.7. The van der Waals surface area contributed by atoms with Crippen molar-refractivity contribution in [2.45, 2.75) is 56.8 Å². The van der Waals surface area contributed by atoms with Crippen molar-refractivity contribution < 1.29 is 33.2 Å². The molecule has 2 fully saturated rings. The molecule has 1 aliphatic heterocycles. The van der Waals surface area contributed by atoms with E-state index in [4.69, 9.17) is 30.5 Å². The largest absolute Gasteiger partial charge is 0.494 e. The summed E-state index contributed by atoms with van der Waals surface area (Å²) in [7, 11) is 2.73. The second-order valence-corrected chi connectivity index (χ2v) is 9.38. The molecule has 2 N–H and O–H groups in total. The van der Waals surface area contributed by atoms with Crippen LogP contribution < -0.4 is 14.8 Å². The van der Waals surface area contributed by atoms with Crippen LogP contribution in [0.1, 0.15) is 44.1 Å². The molecule has 2 aromatic carbocycles. The number of carboxylic acids is 1. The third-order valence-corrected chi connectivity index (χ3v) is 7.24. The Kier molecular flexibility index (Phi) is 8.04. The first-order valence-corrected chi connectivity index (χ1v) is 12.2. The molecule has 4 rings (SSSR count). The lowest BCUT2D eigenvalue weighted by molar-refractivity contribution is -0.145. The number of ether oxygens (including phenoxy) is 4. The van der Waals surface area contributed by atoms with E-state index >= 15 is 0 Å². The molecule has 0 amide bonds. The van der Waals surface area contributed by atoms with Gasteiger partial charge >= 0.3 is 5.97 Å².